The van der Waals surface area contributed by atoms with Crippen molar-refractivity contribution >= 4 is 33.7 Å². The van der Waals surface area contributed by atoms with Gasteiger partial charge in [0.1, 0.15) is 17.5 Å². The summed E-state index contributed by atoms with van der Waals surface area (Å²) < 4.78 is 11.4. The molecule has 2 N–H and O–H groups in total. The van der Waals surface area contributed by atoms with Gasteiger partial charge < -0.3 is 14.8 Å². The molecule has 0 spiro atoms. The molecular weight excluding hydrogens is 386 g/mol. The molecule has 0 bridgehead atoms. The fraction of sp³-hybridized carbons (Fsp3) is 0.222. The van der Waals surface area contributed by atoms with Crippen LogP contribution in [0.25, 0.3) is 0 Å². The molecule has 0 aromatic heterocycles. The lowest BCUT2D eigenvalue weighted by atomic mass is 10.2. The van der Waals surface area contributed by atoms with Crippen LogP contribution in [0, 0.1) is 0 Å². The van der Waals surface area contributed by atoms with E-state index in [1.54, 1.807) is 39.3 Å². The second kappa shape index (κ2) is 9.08. The van der Waals surface area contributed by atoms with Crippen molar-refractivity contribution in [2.45, 2.75) is 13.0 Å². The summed E-state index contributed by atoms with van der Waals surface area (Å²) in [5.41, 5.74) is 4.10. The summed E-state index contributed by atoms with van der Waals surface area (Å²) in [5.74, 6) is 1.05. The molecule has 6 nitrogen and oxygen atoms in total. The van der Waals surface area contributed by atoms with Gasteiger partial charge in [0.25, 0.3) is 5.91 Å². The molecule has 0 saturated heterocycles. The van der Waals surface area contributed by atoms with Gasteiger partial charge in [-0.1, -0.05) is 15.9 Å². The number of benzene rings is 2. The first-order valence-corrected chi connectivity index (χ1v) is 8.40. The zero-order valence-corrected chi connectivity index (χ0v) is 15.8. The molecule has 0 unspecified atom stereocenters. The lowest BCUT2D eigenvalue weighted by Gasteiger charge is -2.13. The van der Waals surface area contributed by atoms with Crippen LogP contribution < -0.4 is 20.2 Å². The molecule has 2 rings (SSSR count). The Bertz CT molecular complexity index is 748. The molecule has 0 aliphatic rings. The van der Waals surface area contributed by atoms with Crippen molar-refractivity contribution in [1.82, 2.24) is 5.43 Å². The molecule has 2 aromatic rings. The monoisotopic (exact) mass is 405 g/mol. The van der Waals surface area contributed by atoms with E-state index in [4.69, 9.17) is 9.47 Å². The number of nitrogens with one attached hydrogen (secondary N) is 2. The number of amides is 1. The number of anilines is 1. The Balaban J connectivity index is 1.94. The van der Waals surface area contributed by atoms with Gasteiger partial charge in [-0.3, -0.25) is 4.79 Å². The molecule has 7 heteroatoms. The molecule has 2 aromatic carbocycles. The van der Waals surface area contributed by atoms with Gasteiger partial charge in [-0.2, -0.15) is 5.10 Å². The Hall–Kier alpha value is -2.54. The number of hydrazone groups is 1. The summed E-state index contributed by atoms with van der Waals surface area (Å²) >= 11 is 3.37. The van der Waals surface area contributed by atoms with Crippen LogP contribution in [0.2, 0.25) is 0 Å². The van der Waals surface area contributed by atoms with Gasteiger partial charge in [0.15, 0.2) is 0 Å². The number of rotatable bonds is 7. The smallest absolute Gasteiger partial charge is 0.262 e. The Kier molecular flexibility index (Phi) is 6.82. The maximum Gasteiger partial charge on any atom is 0.262 e. The minimum atomic E-state index is -0.434. The maximum atomic E-state index is 12.1. The average Bonchev–Trinajstić information content (AvgIpc) is 2.63. The summed E-state index contributed by atoms with van der Waals surface area (Å²) in [6, 6.07) is 12.5. The Morgan fingerprint density at radius 3 is 2.52 bits per heavy atom. The van der Waals surface area contributed by atoms with Gasteiger partial charge in [0.05, 0.1) is 20.4 Å². The molecule has 0 aliphatic heterocycles. The van der Waals surface area contributed by atoms with E-state index in [2.05, 4.69) is 31.8 Å². The van der Waals surface area contributed by atoms with E-state index < -0.39 is 6.04 Å². The molecular formula is C18H20BrN3O3. The zero-order valence-electron chi connectivity index (χ0n) is 14.2. The lowest BCUT2D eigenvalue weighted by molar-refractivity contribution is -0.121. The minimum absolute atomic E-state index is 0.244. The number of carbonyl (C=O) groups is 1. The van der Waals surface area contributed by atoms with Gasteiger partial charge in [-0.05, 0) is 43.3 Å². The third kappa shape index (κ3) is 5.49. The number of methoxy groups -OCH3 is 2. The topological polar surface area (TPSA) is 72.0 Å². The molecule has 0 fully saturated rings. The van der Waals surface area contributed by atoms with E-state index in [9.17, 15) is 4.79 Å². The molecule has 0 aliphatic carbocycles. The number of hydrogen-bond donors (Lipinski definition) is 2. The van der Waals surface area contributed by atoms with Crippen LogP contribution in [0.5, 0.6) is 11.5 Å². The van der Waals surface area contributed by atoms with Crippen LogP contribution in [-0.4, -0.2) is 32.4 Å². The summed E-state index contributed by atoms with van der Waals surface area (Å²) in [7, 11) is 3.15. The van der Waals surface area contributed by atoms with Crippen molar-refractivity contribution in [2.24, 2.45) is 5.10 Å². The van der Waals surface area contributed by atoms with Crippen molar-refractivity contribution in [3.63, 3.8) is 0 Å². The van der Waals surface area contributed by atoms with E-state index >= 15 is 0 Å². The Labute approximate surface area is 155 Å². The Morgan fingerprint density at radius 2 is 1.88 bits per heavy atom. The van der Waals surface area contributed by atoms with Gasteiger partial charge in [0.2, 0.25) is 0 Å². The summed E-state index contributed by atoms with van der Waals surface area (Å²) in [5, 5.41) is 7.10. The highest BCUT2D eigenvalue weighted by atomic mass is 79.9. The summed E-state index contributed by atoms with van der Waals surface area (Å²) in [6.45, 7) is 1.76. The largest absolute Gasteiger partial charge is 0.497 e. The van der Waals surface area contributed by atoms with Gasteiger partial charge in [-0.15, -0.1) is 0 Å². The number of halogens is 1. The van der Waals surface area contributed by atoms with Gasteiger partial charge in [-0.25, -0.2) is 5.43 Å². The first-order chi connectivity index (χ1) is 12.0. The van der Waals surface area contributed by atoms with Crippen molar-refractivity contribution in [3.05, 3.63) is 52.5 Å². The van der Waals surface area contributed by atoms with Gasteiger partial charge in [0, 0.05) is 21.8 Å². The predicted molar refractivity (Wildman–Crippen MR) is 103 cm³/mol. The second-order valence-electron chi connectivity index (χ2n) is 5.22. The maximum absolute atomic E-state index is 12.1. The SMILES string of the molecule is COc1ccc(/C=N\NC(=O)[C@@H](C)Nc2ccc(Br)cc2)c(OC)c1. The quantitative estimate of drug-likeness (QED) is 0.546. The number of hydrogen-bond acceptors (Lipinski definition) is 5. The van der Waals surface area contributed by atoms with E-state index in [1.165, 1.54) is 6.21 Å². The molecule has 1 atom stereocenters. The third-order valence-electron chi connectivity index (χ3n) is 3.44. The van der Waals surface area contributed by atoms with Crippen LogP contribution >= 0.6 is 15.9 Å². The molecule has 0 heterocycles. The molecule has 1 amide bonds. The fourth-order valence-corrected chi connectivity index (χ4v) is 2.31. The zero-order chi connectivity index (χ0) is 18.2. The van der Waals surface area contributed by atoms with E-state index in [1.807, 2.05) is 24.3 Å². The Morgan fingerprint density at radius 1 is 1.16 bits per heavy atom. The molecule has 132 valence electrons. The second-order valence-corrected chi connectivity index (χ2v) is 6.13. The van der Waals surface area contributed by atoms with Crippen LogP contribution in [0.15, 0.2) is 52.0 Å². The highest BCUT2D eigenvalue weighted by Gasteiger charge is 2.11. The molecule has 0 saturated carbocycles. The number of ether oxygens (including phenoxy) is 2. The van der Waals surface area contributed by atoms with E-state index in [-0.39, 0.29) is 5.91 Å². The minimum Gasteiger partial charge on any atom is -0.497 e. The lowest BCUT2D eigenvalue weighted by Crippen LogP contribution is -2.34. The van der Waals surface area contributed by atoms with Crippen molar-refractivity contribution < 1.29 is 14.3 Å². The van der Waals surface area contributed by atoms with Crippen molar-refractivity contribution in [2.75, 3.05) is 19.5 Å². The first kappa shape index (κ1) is 18.8. The predicted octanol–water partition coefficient (Wildman–Crippen LogP) is 3.42. The fourth-order valence-electron chi connectivity index (χ4n) is 2.05. The summed E-state index contributed by atoms with van der Waals surface area (Å²) in [6.07, 6.45) is 1.53. The van der Waals surface area contributed by atoms with Crippen molar-refractivity contribution in [3.8, 4) is 11.5 Å². The van der Waals surface area contributed by atoms with Gasteiger partial charge >= 0.3 is 0 Å². The van der Waals surface area contributed by atoms with Crippen LogP contribution in [0.1, 0.15) is 12.5 Å². The van der Waals surface area contributed by atoms with E-state index in [0.29, 0.717) is 11.5 Å². The first-order valence-electron chi connectivity index (χ1n) is 7.60. The van der Waals surface area contributed by atoms with Crippen LogP contribution in [0.4, 0.5) is 5.69 Å². The van der Waals surface area contributed by atoms with Crippen molar-refractivity contribution in [1.29, 1.82) is 0 Å². The van der Waals surface area contributed by atoms with Crippen LogP contribution in [0.3, 0.4) is 0 Å². The number of carbonyl (C=O) groups excluding carboxylic acids is 1. The normalized spacial score (nSPS) is 11.8. The highest BCUT2D eigenvalue weighted by Crippen LogP contribution is 2.23. The standard InChI is InChI=1S/C18H20BrN3O3/c1-12(21-15-7-5-14(19)6-8-15)18(23)22-20-11-13-4-9-16(24-2)10-17(13)25-3/h4-12,21H,1-3H3,(H,22,23)/b20-11-/t12-/m1/s1. The average molecular weight is 406 g/mol. The summed E-state index contributed by atoms with van der Waals surface area (Å²) in [4.78, 5) is 12.1. The highest BCUT2D eigenvalue weighted by molar-refractivity contribution is 9.10. The van der Waals surface area contributed by atoms with E-state index in [0.717, 1.165) is 15.7 Å². The number of nitrogens with zero attached hydrogens (tertiary/aromatic N) is 1. The van der Waals surface area contributed by atoms with Crippen LogP contribution in [-0.2, 0) is 4.79 Å². The third-order valence-corrected chi connectivity index (χ3v) is 3.97. The molecule has 25 heavy (non-hydrogen) atoms. The molecule has 0 radical (unpaired) electrons.